The van der Waals surface area contributed by atoms with Gasteiger partial charge < -0.3 is 20.5 Å². The molecule has 2 fully saturated rings. The average molecular weight is 406 g/mol. The third-order valence-corrected chi connectivity index (χ3v) is 4.80. The first-order chi connectivity index (χ1) is 11.7. The molecule has 2 aliphatic heterocycles. The van der Waals surface area contributed by atoms with E-state index in [0.717, 1.165) is 38.2 Å². The number of piperidine rings is 1. The molecule has 148 valence electrons. The number of nitrogens with one attached hydrogen (secondary N) is 2. The Balaban J connectivity index is 0.00000169. The van der Waals surface area contributed by atoms with Crippen LogP contribution < -0.4 is 10.6 Å². The lowest BCUT2D eigenvalue weighted by Gasteiger charge is -2.31. The Labute approximate surface area is 167 Å². The summed E-state index contributed by atoms with van der Waals surface area (Å²) in [7, 11) is 0. The monoisotopic (exact) mass is 405 g/mol. The predicted octanol–water partition coefficient (Wildman–Crippen LogP) is 1.66. The average Bonchev–Trinajstić information content (AvgIpc) is 2.63. The normalized spacial score (nSPS) is 21.3. The lowest BCUT2D eigenvalue weighted by molar-refractivity contribution is -0.120. The molecule has 26 heavy (non-hydrogen) atoms. The van der Waals surface area contributed by atoms with Crippen LogP contribution >= 0.6 is 24.8 Å². The van der Waals surface area contributed by atoms with Crippen molar-refractivity contribution in [3.05, 3.63) is 29.8 Å². The van der Waals surface area contributed by atoms with E-state index in [4.69, 9.17) is 4.74 Å². The van der Waals surface area contributed by atoms with Gasteiger partial charge in [0, 0.05) is 25.4 Å². The number of halogens is 2. The Bertz CT molecular complexity index is 548. The number of anilines is 1. The molecule has 0 bridgehead atoms. The minimum Gasteiger partial charge on any atom is -0.396 e. The molecule has 3 N–H and O–H groups in total. The van der Waals surface area contributed by atoms with Crippen molar-refractivity contribution in [1.29, 1.82) is 0 Å². The molecule has 0 spiro atoms. The predicted molar refractivity (Wildman–Crippen MR) is 107 cm³/mol. The quantitative estimate of drug-likeness (QED) is 0.694. The highest BCUT2D eigenvalue weighted by atomic mass is 35.5. The fraction of sp³-hybridized carbons (Fsp3) is 0.611. The van der Waals surface area contributed by atoms with E-state index >= 15 is 0 Å². The summed E-state index contributed by atoms with van der Waals surface area (Å²) < 4.78 is 5.34. The lowest BCUT2D eigenvalue weighted by atomic mass is 9.97. The number of amides is 1. The maximum absolute atomic E-state index is 12.3. The number of aliphatic hydroxyl groups is 1. The van der Waals surface area contributed by atoms with Gasteiger partial charge in [-0.1, -0.05) is 12.1 Å². The third-order valence-electron chi connectivity index (χ3n) is 4.80. The second-order valence-corrected chi connectivity index (χ2v) is 6.67. The maximum atomic E-state index is 12.3. The zero-order valence-corrected chi connectivity index (χ0v) is 16.5. The highest BCUT2D eigenvalue weighted by Gasteiger charge is 2.21. The molecular weight excluding hydrogens is 377 g/mol. The molecule has 3 rings (SSSR count). The molecule has 8 heteroatoms. The first kappa shape index (κ1) is 23.1. The van der Waals surface area contributed by atoms with E-state index in [9.17, 15) is 9.90 Å². The van der Waals surface area contributed by atoms with Crippen molar-refractivity contribution in [2.45, 2.75) is 25.4 Å². The van der Waals surface area contributed by atoms with Crippen LogP contribution in [0.2, 0.25) is 0 Å². The summed E-state index contributed by atoms with van der Waals surface area (Å²) in [5, 5.41) is 15.4. The van der Waals surface area contributed by atoms with Gasteiger partial charge >= 0.3 is 0 Å². The summed E-state index contributed by atoms with van der Waals surface area (Å²) in [6, 6.07) is 7.76. The molecule has 1 aromatic rings. The number of carbonyl (C=O) groups is 1. The number of hydrogen-bond donors (Lipinski definition) is 3. The number of benzene rings is 1. The molecule has 2 aliphatic rings. The van der Waals surface area contributed by atoms with Crippen LogP contribution in [0.5, 0.6) is 0 Å². The van der Waals surface area contributed by atoms with Gasteiger partial charge in [0.15, 0.2) is 0 Å². The number of likely N-dealkylation sites (tertiary alicyclic amines) is 1. The van der Waals surface area contributed by atoms with Crippen LogP contribution in [0, 0.1) is 5.92 Å². The Hall–Kier alpha value is -0.890. The van der Waals surface area contributed by atoms with Gasteiger partial charge in [-0.05, 0) is 49.5 Å². The van der Waals surface area contributed by atoms with Crippen LogP contribution in [-0.2, 0) is 16.1 Å². The molecule has 1 atom stereocenters. The standard InChI is InChI=1S/C18H27N3O3.2ClH/c22-12-14-4-7-21(8-5-14)11-15-2-1-3-16(10-15)20-18(23)17-13-24-9-6-19-17;;/h1-3,10,14,17,19,22H,4-9,11-13H2,(H,20,23);2*1H. The van der Waals surface area contributed by atoms with Gasteiger partial charge in [0.2, 0.25) is 5.91 Å². The number of ether oxygens (including phenoxy) is 1. The Kier molecular flexibility index (Phi) is 10.5. The fourth-order valence-electron chi connectivity index (χ4n) is 3.30. The van der Waals surface area contributed by atoms with Gasteiger partial charge in [0.25, 0.3) is 0 Å². The second kappa shape index (κ2) is 11.7. The summed E-state index contributed by atoms with van der Waals surface area (Å²) in [6.45, 7) is 5.01. The van der Waals surface area contributed by atoms with Crippen molar-refractivity contribution in [1.82, 2.24) is 10.2 Å². The third kappa shape index (κ3) is 6.68. The molecule has 0 aliphatic carbocycles. The molecule has 1 unspecified atom stereocenters. The van der Waals surface area contributed by atoms with Gasteiger partial charge in [0.05, 0.1) is 13.2 Å². The van der Waals surface area contributed by atoms with Gasteiger partial charge in [-0.15, -0.1) is 24.8 Å². The van der Waals surface area contributed by atoms with Gasteiger partial charge in [-0.25, -0.2) is 0 Å². The summed E-state index contributed by atoms with van der Waals surface area (Å²) in [6.07, 6.45) is 2.11. The van der Waals surface area contributed by atoms with Crippen LogP contribution in [-0.4, -0.2) is 61.4 Å². The van der Waals surface area contributed by atoms with Crippen molar-refractivity contribution in [2.75, 3.05) is 44.8 Å². The molecule has 6 nitrogen and oxygen atoms in total. The SMILES string of the molecule is Cl.Cl.O=C(Nc1cccc(CN2CCC(CO)CC2)c1)C1COCCN1. The number of morpholine rings is 1. The molecule has 2 heterocycles. The smallest absolute Gasteiger partial charge is 0.243 e. The highest BCUT2D eigenvalue weighted by Crippen LogP contribution is 2.19. The number of aliphatic hydroxyl groups excluding tert-OH is 1. The van der Waals surface area contributed by atoms with Gasteiger partial charge in [-0.3, -0.25) is 9.69 Å². The van der Waals surface area contributed by atoms with Gasteiger partial charge in [0.1, 0.15) is 6.04 Å². The van der Waals surface area contributed by atoms with Gasteiger partial charge in [-0.2, -0.15) is 0 Å². The molecule has 0 aromatic heterocycles. The minimum atomic E-state index is -0.278. The summed E-state index contributed by atoms with van der Waals surface area (Å²) in [5.74, 6) is 0.410. The van der Waals surface area contributed by atoms with E-state index in [1.807, 2.05) is 18.2 Å². The van der Waals surface area contributed by atoms with Crippen LogP contribution in [0.1, 0.15) is 18.4 Å². The minimum absolute atomic E-state index is 0. The van der Waals surface area contributed by atoms with E-state index in [1.165, 1.54) is 5.56 Å². The Morgan fingerprint density at radius 1 is 1.31 bits per heavy atom. The van der Waals surface area contributed by atoms with E-state index < -0.39 is 0 Å². The highest BCUT2D eigenvalue weighted by molar-refractivity contribution is 5.95. The molecular formula is C18H29Cl2N3O3. The van der Waals surface area contributed by atoms with Crippen molar-refractivity contribution in [3.63, 3.8) is 0 Å². The Morgan fingerprint density at radius 3 is 2.73 bits per heavy atom. The van der Waals surface area contributed by atoms with Crippen LogP contribution in [0.4, 0.5) is 5.69 Å². The molecule has 1 aromatic carbocycles. The van der Waals surface area contributed by atoms with E-state index in [1.54, 1.807) is 0 Å². The zero-order valence-electron chi connectivity index (χ0n) is 14.9. The van der Waals surface area contributed by atoms with E-state index in [-0.39, 0.29) is 36.8 Å². The Morgan fingerprint density at radius 2 is 2.08 bits per heavy atom. The van der Waals surface area contributed by atoms with E-state index in [2.05, 4.69) is 21.6 Å². The number of nitrogens with zero attached hydrogens (tertiary/aromatic N) is 1. The maximum Gasteiger partial charge on any atom is 0.243 e. The zero-order chi connectivity index (χ0) is 16.8. The largest absolute Gasteiger partial charge is 0.396 e. The second-order valence-electron chi connectivity index (χ2n) is 6.67. The number of rotatable bonds is 5. The summed E-state index contributed by atoms with van der Waals surface area (Å²) >= 11 is 0. The fourth-order valence-corrected chi connectivity index (χ4v) is 3.30. The summed E-state index contributed by atoms with van der Waals surface area (Å²) in [5.41, 5.74) is 2.03. The number of hydrogen-bond acceptors (Lipinski definition) is 5. The van der Waals surface area contributed by atoms with Crippen molar-refractivity contribution >= 4 is 36.4 Å². The van der Waals surface area contributed by atoms with Crippen LogP contribution in [0.25, 0.3) is 0 Å². The van der Waals surface area contributed by atoms with Crippen LogP contribution in [0.15, 0.2) is 24.3 Å². The van der Waals surface area contributed by atoms with Crippen molar-refractivity contribution in [2.24, 2.45) is 5.92 Å². The topological polar surface area (TPSA) is 73.8 Å². The van der Waals surface area contributed by atoms with Crippen molar-refractivity contribution < 1.29 is 14.6 Å². The number of carbonyl (C=O) groups excluding carboxylic acids is 1. The first-order valence-electron chi connectivity index (χ1n) is 8.79. The molecule has 1 amide bonds. The molecule has 2 saturated heterocycles. The molecule has 0 radical (unpaired) electrons. The molecule has 0 saturated carbocycles. The van der Waals surface area contributed by atoms with Crippen LogP contribution in [0.3, 0.4) is 0 Å². The first-order valence-corrected chi connectivity index (χ1v) is 8.79. The lowest BCUT2D eigenvalue weighted by Crippen LogP contribution is -2.48. The summed E-state index contributed by atoms with van der Waals surface area (Å²) in [4.78, 5) is 14.7. The van der Waals surface area contributed by atoms with Crippen molar-refractivity contribution in [3.8, 4) is 0 Å². The van der Waals surface area contributed by atoms with E-state index in [0.29, 0.717) is 32.3 Å².